The molecule has 0 aromatic heterocycles. The van der Waals surface area contributed by atoms with Gasteiger partial charge in [0.05, 0.1) is 5.56 Å². The van der Waals surface area contributed by atoms with E-state index in [0.717, 1.165) is 12.1 Å². The summed E-state index contributed by atoms with van der Waals surface area (Å²) < 4.78 is 37.8. The molecule has 0 saturated carbocycles. The molecule has 1 amide bonds. The summed E-state index contributed by atoms with van der Waals surface area (Å²) in [5.41, 5.74) is -2.59. The Balaban J connectivity index is 3.05. The Morgan fingerprint density at radius 2 is 1.83 bits per heavy atom. The Bertz CT molecular complexity index is 466. The van der Waals surface area contributed by atoms with Crippen molar-refractivity contribution in [2.45, 2.75) is 25.6 Å². The van der Waals surface area contributed by atoms with Crippen LogP contribution in [0.3, 0.4) is 0 Å². The molecule has 0 aliphatic heterocycles. The van der Waals surface area contributed by atoms with E-state index in [1.54, 1.807) is 0 Å². The number of halogens is 4. The molecule has 0 aliphatic rings. The third-order valence-corrected chi connectivity index (χ3v) is 2.50. The Morgan fingerprint density at radius 3 is 2.28 bits per heavy atom. The van der Waals surface area contributed by atoms with Crippen molar-refractivity contribution in [1.82, 2.24) is 0 Å². The molecule has 2 N–H and O–H groups in total. The van der Waals surface area contributed by atoms with E-state index in [2.05, 4.69) is 21.2 Å². The van der Waals surface area contributed by atoms with Gasteiger partial charge < -0.3 is 10.4 Å². The Labute approximate surface area is 110 Å². The van der Waals surface area contributed by atoms with Crippen molar-refractivity contribution < 1.29 is 23.1 Å². The minimum atomic E-state index is -4.50. The van der Waals surface area contributed by atoms with Gasteiger partial charge in [0.2, 0.25) is 0 Å². The third-order valence-electron chi connectivity index (χ3n) is 2.04. The molecule has 1 aromatic rings. The van der Waals surface area contributed by atoms with Gasteiger partial charge in [-0.2, -0.15) is 13.2 Å². The average molecular weight is 326 g/mol. The third kappa shape index (κ3) is 3.99. The van der Waals surface area contributed by atoms with Crippen molar-refractivity contribution in [2.75, 3.05) is 5.32 Å². The highest BCUT2D eigenvalue weighted by atomic mass is 79.9. The van der Waals surface area contributed by atoms with Crippen LogP contribution in [0.1, 0.15) is 19.4 Å². The normalized spacial score (nSPS) is 12.4. The molecule has 18 heavy (non-hydrogen) atoms. The number of carbonyl (C=O) groups is 1. The van der Waals surface area contributed by atoms with E-state index < -0.39 is 23.2 Å². The largest absolute Gasteiger partial charge is 0.416 e. The number of rotatable bonds is 2. The van der Waals surface area contributed by atoms with Crippen molar-refractivity contribution in [1.29, 1.82) is 0 Å². The SMILES string of the molecule is CC(C)(O)C(=O)Nc1cc(Br)cc(C(F)(F)F)c1. The van der Waals surface area contributed by atoms with Gasteiger partial charge in [-0.3, -0.25) is 4.79 Å². The number of anilines is 1. The standard InChI is InChI=1S/C11H11BrF3NO2/c1-10(2,18)9(17)16-8-4-6(11(13,14)15)3-7(12)5-8/h3-5,18H,1-2H3,(H,16,17). The van der Waals surface area contributed by atoms with Gasteiger partial charge in [-0.25, -0.2) is 0 Å². The molecule has 0 bridgehead atoms. The molecule has 0 unspecified atom stereocenters. The second-order valence-electron chi connectivity index (χ2n) is 4.24. The van der Waals surface area contributed by atoms with Gasteiger partial charge in [0, 0.05) is 10.2 Å². The molecule has 1 rings (SSSR count). The molecule has 0 spiro atoms. The molecule has 3 nitrogen and oxygen atoms in total. The Kier molecular flexibility index (Phi) is 4.07. The molecule has 0 atom stereocenters. The van der Waals surface area contributed by atoms with Crippen molar-refractivity contribution in [2.24, 2.45) is 0 Å². The quantitative estimate of drug-likeness (QED) is 0.877. The molecule has 0 fully saturated rings. The smallest absolute Gasteiger partial charge is 0.381 e. The van der Waals surface area contributed by atoms with Crippen LogP contribution in [0.5, 0.6) is 0 Å². The fourth-order valence-corrected chi connectivity index (χ4v) is 1.60. The van der Waals surface area contributed by atoms with E-state index in [4.69, 9.17) is 0 Å². The lowest BCUT2D eigenvalue weighted by Crippen LogP contribution is -2.36. The van der Waals surface area contributed by atoms with Crippen LogP contribution in [-0.2, 0) is 11.0 Å². The first kappa shape index (κ1) is 15.0. The molecular weight excluding hydrogens is 315 g/mol. The van der Waals surface area contributed by atoms with Gasteiger partial charge in [-0.05, 0) is 32.0 Å². The van der Waals surface area contributed by atoms with Gasteiger partial charge >= 0.3 is 6.18 Å². The zero-order valence-electron chi connectivity index (χ0n) is 9.60. The second-order valence-corrected chi connectivity index (χ2v) is 5.16. The minimum absolute atomic E-state index is 0.0381. The lowest BCUT2D eigenvalue weighted by Gasteiger charge is -2.17. The predicted octanol–water partition coefficient (Wildman–Crippen LogP) is 3.18. The van der Waals surface area contributed by atoms with Crippen LogP contribution < -0.4 is 5.32 Å². The lowest BCUT2D eigenvalue weighted by molar-refractivity contribution is -0.137. The Morgan fingerprint density at radius 1 is 1.28 bits per heavy atom. The summed E-state index contributed by atoms with van der Waals surface area (Å²) in [4.78, 5) is 11.4. The summed E-state index contributed by atoms with van der Waals surface area (Å²) in [6.07, 6.45) is -4.50. The number of aliphatic hydroxyl groups is 1. The predicted molar refractivity (Wildman–Crippen MR) is 64.1 cm³/mol. The molecule has 0 saturated heterocycles. The second kappa shape index (κ2) is 4.89. The molecule has 0 heterocycles. The topological polar surface area (TPSA) is 49.3 Å². The summed E-state index contributed by atoms with van der Waals surface area (Å²) in [6, 6.07) is 3.02. The zero-order valence-corrected chi connectivity index (χ0v) is 11.2. The molecule has 1 aromatic carbocycles. The van der Waals surface area contributed by atoms with Gasteiger partial charge in [-0.15, -0.1) is 0 Å². The first-order chi connectivity index (χ1) is 8.00. The van der Waals surface area contributed by atoms with E-state index in [9.17, 15) is 23.1 Å². The van der Waals surface area contributed by atoms with E-state index >= 15 is 0 Å². The van der Waals surface area contributed by atoms with Gasteiger partial charge in [0.15, 0.2) is 0 Å². The highest BCUT2D eigenvalue weighted by Gasteiger charge is 2.31. The summed E-state index contributed by atoms with van der Waals surface area (Å²) in [5.74, 6) is -0.784. The zero-order chi connectivity index (χ0) is 14.1. The van der Waals surface area contributed by atoms with Crippen LogP contribution in [0, 0.1) is 0 Å². The van der Waals surface area contributed by atoms with Crippen LogP contribution in [0.15, 0.2) is 22.7 Å². The number of carbonyl (C=O) groups excluding carboxylic acids is 1. The number of nitrogens with one attached hydrogen (secondary N) is 1. The summed E-state index contributed by atoms with van der Waals surface area (Å²) >= 11 is 2.93. The molecular formula is C11H11BrF3NO2. The minimum Gasteiger partial charge on any atom is -0.381 e. The highest BCUT2D eigenvalue weighted by Crippen LogP contribution is 2.33. The number of alkyl halides is 3. The fraction of sp³-hybridized carbons (Fsp3) is 0.364. The lowest BCUT2D eigenvalue weighted by atomic mass is 10.1. The van der Waals surface area contributed by atoms with Crippen LogP contribution >= 0.6 is 15.9 Å². The van der Waals surface area contributed by atoms with Crippen LogP contribution in [0.2, 0.25) is 0 Å². The Hall–Kier alpha value is -1.08. The number of hydrogen-bond donors (Lipinski definition) is 2. The maximum Gasteiger partial charge on any atom is 0.416 e. The van der Waals surface area contributed by atoms with Crippen LogP contribution in [-0.4, -0.2) is 16.6 Å². The van der Waals surface area contributed by atoms with Crippen molar-refractivity contribution in [3.05, 3.63) is 28.2 Å². The van der Waals surface area contributed by atoms with Crippen molar-refractivity contribution in [3.8, 4) is 0 Å². The maximum atomic E-state index is 12.5. The van der Waals surface area contributed by atoms with E-state index in [1.165, 1.54) is 19.9 Å². The number of benzene rings is 1. The maximum absolute atomic E-state index is 12.5. The van der Waals surface area contributed by atoms with E-state index in [-0.39, 0.29) is 10.2 Å². The van der Waals surface area contributed by atoms with Gasteiger partial charge in [-0.1, -0.05) is 15.9 Å². The molecule has 0 aliphatic carbocycles. The molecule has 7 heteroatoms. The number of hydrogen-bond acceptors (Lipinski definition) is 2. The number of amides is 1. The first-order valence-electron chi connectivity index (χ1n) is 4.92. The summed E-state index contributed by atoms with van der Waals surface area (Å²) in [6.45, 7) is 2.48. The summed E-state index contributed by atoms with van der Waals surface area (Å²) in [7, 11) is 0. The monoisotopic (exact) mass is 325 g/mol. The van der Waals surface area contributed by atoms with Crippen LogP contribution in [0.4, 0.5) is 18.9 Å². The van der Waals surface area contributed by atoms with E-state index in [1.807, 2.05) is 0 Å². The van der Waals surface area contributed by atoms with Gasteiger partial charge in [0.1, 0.15) is 5.60 Å². The van der Waals surface area contributed by atoms with Gasteiger partial charge in [0.25, 0.3) is 5.91 Å². The molecule has 100 valence electrons. The average Bonchev–Trinajstić information content (AvgIpc) is 2.13. The van der Waals surface area contributed by atoms with E-state index in [0.29, 0.717) is 0 Å². The first-order valence-corrected chi connectivity index (χ1v) is 5.71. The van der Waals surface area contributed by atoms with Crippen LogP contribution in [0.25, 0.3) is 0 Å². The highest BCUT2D eigenvalue weighted by molar-refractivity contribution is 9.10. The van der Waals surface area contributed by atoms with Crippen molar-refractivity contribution >= 4 is 27.5 Å². The van der Waals surface area contributed by atoms with Crippen molar-refractivity contribution in [3.63, 3.8) is 0 Å². The molecule has 0 radical (unpaired) electrons. The fourth-order valence-electron chi connectivity index (χ4n) is 1.11. The summed E-state index contributed by atoms with van der Waals surface area (Å²) in [5, 5.41) is 11.6.